The highest BCUT2D eigenvalue weighted by Gasteiger charge is 1.96. The van der Waals surface area contributed by atoms with E-state index in [4.69, 9.17) is 4.74 Å². The smallest absolute Gasteiger partial charge is 0.0587 e. The second-order valence-electron chi connectivity index (χ2n) is 3.36. The Morgan fingerprint density at radius 2 is 2.07 bits per heavy atom. The van der Waals surface area contributed by atoms with Crippen LogP contribution in [-0.4, -0.2) is 32.6 Å². The van der Waals surface area contributed by atoms with Crippen molar-refractivity contribution in [1.29, 1.82) is 0 Å². The SMILES string of the molecule is COCCNCCSc1ccccc1C. The highest BCUT2D eigenvalue weighted by molar-refractivity contribution is 7.99. The molecule has 1 aromatic carbocycles. The third kappa shape index (κ3) is 5.21. The summed E-state index contributed by atoms with van der Waals surface area (Å²) in [5.74, 6) is 1.11. The lowest BCUT2D eigenvalue weighted by molar-refractivity contribution is 0.200. The maximum atomic E-state index is 4.96. The minimum absolute atomic E-state index is 0.787. The summed E-state index contributed by atoms with van der Waals surface area (Å²) < 4.78 is 4.96. The molecule has 1 aromatic rings. The van der Waals surface area contributed by atoms with Crippen LogP contribution in [-0.2, 0) is 4.74 Å². The van der Waals surface area contributed by atoms with E-state index in [1.165, 1.54) is 10.5 Å². The van der Waals surface area contributed by atoms with Crippen molar-refractivity contribution in [2.24, 2.45) is 0 Å². The Balaban J connectivity index is 2.12. The lowest BCUT2D eigenvalue weighted by Gasteiger charge is -2.06. The van der Waals surface area contributed by atoms with Crippen LogP contribution in [0.5, 0.6) is 0 Å². The van der Waals surface area contributed by atoms with Crippen LogP contribution in [0.25, 0.3) is 0 Å². The number of methoxy groups -OCH3 is 1. The molecule has 0 spiro atoms. The Labute approximate surface area is 96.4 Å². The van der Waals surface area contributed by atoms with Crippen LogP contribution in [0.1, 0.15) is 5.56 Å². The zero-order valence-corrected chi connectivity index (χ0v) is 10.3. The molecule has 0 radical (unpaired) electrons. The molecular weight excluding hydrogens is 206 g/mol. The summed E-state index contributed by atoms with van der Waals surface area (Å²) in [5, 5.41) is 3.33. The number of nitrogens with one attached hydrogen (secondary N) is 1. The van der Waals surface area contributed by atoms with Gasteiger partial charge in [-0.2, -0.15) is 0 Å². The summed E-state index contributed by atoms with van der Waals surface area (Å²) in [6, 6.07) is 8.50. The Morgan fingerprint density at radius 3 is 2.80 bits per heavy atom. The van der Waals surface area contributed by atoms with Crippen LogP contribution < -0.4 is 5.32 Å². The lowest BCUT2D eigenvalue weighted by atomic mass is 10.2. The third-order valence-electron chi connectivity index (χ3n) is 2.11. The molecule has 0 aliphatic carbocycles. The van der Waals surface area contributed by atoms with E-state index in [1.807, 2.05) is 11.8 Å². The molecule has 0 amide bonds. The Kier molecular flexibility index (Phi) is 6.48. The van der Waals surface area contributed by atoms with Crippen LogP contribution in [0.2, 0.25) is 0 Å². The van der Waals surface area contributed by atoms with E-state index in [0.717, 1.165) is 25.4 Å². The molecule has 0 heterocycles. The van der Waals surface area contributed by atoms with Gasteiger partial charge in [0.05, 0.1) is 6.61 Å². The minimum atomic E-state index is 0.787. The fourth-order valence-corrected chi connectivity index (χ4v) is 2.19. The molecule has 0 aromatic heterocycles. The van der Waals surface area contributed by atoms with Gasteiger partial charge in [0.15, 0.2) is 0 Å². The number of hydrogen-bond donors (Lipinski definition) is 1. The van der Waals surface area contributed by atoms with Crippen molar-refractivity contribution in [3.63, 3.8) is 0 Å². The summed E-state index contributed by atoms with van der Waals surface area (Å²) in [4.78, 5) is 1.38. The molecule has 0 unspecified atom stereocenters. The number of benzene rings is 1. The second kappa shape index (κ2) is 7.74. The number of ether oxygens (including phenoxy) is 1. The van der Waals surface area contributed by atoms with Crippen molar-refractivity contribution in [1.82, 2.24) is 5.32 Å². The van der Waals surface area contributed by atoms with E-state index in [2.05, 4.69) is 36.5 Å². The summed E-state index contributed by atoms with van der Waals surface area (Å²) in [7, 11) is 1.73. The average Bonchev–Trinajstić information content (AvgIpc) is 2.25. The number of hydrogen-bond acceptors (Lipinski definition) is 3. The van der Waals surface area contributed by atoms with Crippen LogP contribution in [0, 0.1) is 6.92 Å². The first-order valence-corrected chi connectivity index (χ1v) is 6.21. The normalized spacial score (nSPS) is 10.5. The Hall–Kier alpha value is -0.510. The van der Waals surface area contributed by atoms with Gasteiger partial charge < -0.3 is 10.1 Å². The van der Waals surface area contributed by atoms with Gasteiger partial charge in [0.2, 0.25) is 0 Å². The van der Waals surface area contributed by atoms with Crippen molar-refractivity contribution in [2.45, 2.75) is 11.8 Å². The van der Waals surface area contributed by atoms with Crippen LogP contribution in [0.15, 0.2) is 29.2 Å². The molecule has 15 heavy (non-hydrogen) atoms. The summed E-state index contributed by atoms with van der Waals surface area (Å²) in [5.41, 5.74) is 1.36. The van der Waals surface area contributed by atoms with E-state index >= 15 is 0 Å². The second-order valence-corrected chi connectivity index (χ2v) is 4.49. The summed E-state index contributed by atoms with van der Waals surface area (Å²) in [6.45, 7) is 4.91. The zero-order chi connectivity index (χ0) is 10.9. The molecule has 0 fully saturated rings. The van der Waals surface area contributed by atoms with Gasteiger partial charge in [-0.05, 0) is 18.6 Å². The summed E-state index contributed by atoms with van der Waals surface area (Å²) >= 11 is 1.90. The highest BCUT2D eigenvalue weighted by atomic mass is 32.2. The molecule has 0 atom stereocenters. The molecule has 1 rings (SSSR count). The van der Waals surface area contributed by atoms with E-state index in [9.17, 15) is 0 Å². The maximum absolute atomic E-state index is 4.96. The topological polar surface area (TPSA) is 21.3 Å². The molecular formula is C12H19NOS. The molecule has 0 saturated carbocycles. The van der Waals surface area contributed by atoms with Gasteiger partial charge in [0.25, 0.3) is 0 Å². The molecule has 0 aliphatic rings. The first-order valence-electron chi connectivity index (χ1n) is 5.22. The van der Waals surface area contributed by atoms with Gasteiger partial charge in [-0.1, -0.05) is 18.2 Å². The number of aryl methyl sites for hydroxylation is 1. The molecule has 0 bridgehead atoms. The first kappa shape index (κ1) is 12.6. The van der Waals surface area contributed by atoms with Crippen molar-refractivity contribution in [3.8, 4) is 0 Å². The summed E-state index contributed by atoms with van der Waals surface area (Å²) in [6.07, 6.45) is 0. The highest BCUT2D eigenvalue weighted by Crippen LogP contribution is 2.20. The van der Waals surface area contributed by atoms with Gasteiger partial charge >= 0.3 is 0 Å². The fourth-order valence-electron chi connectivity index (χ4n) is 1.25. The predicted octanol–water partition coefficient (Wildman–Crippen LogP) is 2.32. The zero-order valence-electron chi connectivity index (χ0n) is 9.45. The Bertz CT molecular complexity index is 278. The number of thioether (sulfide) groups is 1. The van der Waals surface area contributed by atoms with Gasteiger partial charge in [-0.15, -0.1) is 11.8 Å². The average molecular weight is 225 g/mol. The van der Waals surface area contributed by atoms with E-state index in [1.54, 1.807) is 7.11 Å². The Morgan fingerprint density at radius 1 is 1.27 bits per heavy atom. The first-order chi connectivity index (χ1) is 7.34. The van der Waals surface area contributed by atoms with Gasteiger partial charge in [0, 0.05) is 30.8 Å². The molecule has 2 nitrogen and oxygen atoms in total. The van der Waals surface area contributed by atoms with E-state index < -0.39 is 0 Å². The van der Waals surface area contributed by atoms with Crippen LogP contribution in [0.3, 0.4) is 0 Å². The van der Waals surface area contributed by atoms with Crippen molar-refractivity contribution in [3.05, 3.63) is 29.8 Å². The third-order valence-corrected chi connectivity index (χ3v) is 3.29. The van der Waals surface area contributed by atoms with E-state index in [-0.39, 0.29) is 0 Å². The van der Waals surface area contributed by atoms with E-state index in [0.29, 0.717) is 0 Å². The van der Waals surface area contributed by atoms with Crippen molar-refractivity contribution in [2.75, 3.05) is 32.6 Å². The molecule has 1 N–H and O–H groups in total. The largest absolute Gasteiger partial charge is 0.383 e. The van der Waals surface area contributed by atoms with Crippen molar-refractivity contribution < 1.29 is 4.74 Å². The predicted molar refractivity (Wildman–Crippen MR) is 66.6 cm³/mol. The standard InChI is InChI=1S/C12H19NOS/c1-11-5-3-4-6-12(11)15-10-8-13-7-9-14-2/h3-6,13H,7-10H2,1-2H3. The molecule has 84 valence electrons. The quantitative estimate of drug-likeness (QED) is 0.568. The number of rotatable bonds is 7. The van der Waals surface area contributed by atoms with Crippen molar-refractivity contribution >= 4 is 11.8 Å². The monoisotopic (exact) mass is 225 g/mol. The van der Waals surface area contributed by atoms with Gasteiger partial charge in [-0.25, -0.2) is 0 Å². The molecule has 0 saturated heterocycles. The maximum Gasteiger partial charge on any atom is 0.0587 e. The molecule has 3 heteroatoms. The lowest BCUT2D eigenvalue weighted by Crippen LogP contribution is -2.21. The van der Waals surface area contributed by atoms with Crippen LogP contribution >= 0.6 is 11.8 Å². The minimum Gasteiger partial charge on any atom is -0.383 e. The van der Waals surface area contributed by atoms with Gasteiger partial charge in [-0.3, -0.25) is 0 Å². The van der Waals surface area contributed by atoms with Crippen LogP contribution in [0.4, 0.5) is 0 Å². The fraction of sp³-hybridized carbons (Fsp3) is 0.500. The molecule has 0 aliphatic heterocycles. The van der Waals surface area contributed by atoms with Gasteiger partial charge in [0.1, 0.15) is 0 Å².